The van der Waals surface area contributed by atoms with Gasteiger partial charge in [-0.25, -0.2) is 0 Å². The topological polar surface area (TPSA) is 59.6 Å². The first-order chi connectivity index (χ1) is 7.95. The highest BCUT2D eigenvalue weighted by Crippen LogP contribution is 2.05. The smallest absolute Gasteiger partial charge is 0.234 e. The van der Waals surface area contributed by atoms with Crippen molar-refractivity contribution in [3.63, 3.8) is 0 Å². The Morgan fingerprint density at radius 1 is 1.35 bits per heavy atom. The van der Waals surface area contributed by atoms with Crippen LogP contribution < -0.4 is 10.6 Å². The molecule has 0 spiro atoms. The molecule has 0 heterocycles. The number of nitrogens with one attached hydrogen (secondary N) is 2. The van der Waals surface area contributed by atoms with Gasteiger partial charge in [0.1, 0.15) is 0 Å². The van der Waals surface area contributed by atoms with Crippen LogP contribution >= 0.6 is 0 Å². The molecule has 17 heavy (non-hydrogen) atoms. The van der Waals surface area contributed by atoms with Crippen molar-refractivity contribution in [1.29, 1.82) is 0 Å². The first-order valence-corrected chi connectivity index (χ1v) is 5.98. The van der Waals surface area contributed by atoms with Gasteiger partial charge in [0.2, 0.25) is 5.91 Å². The van der Waals surface area contributed by atoms with Crippen LogP contribution in [-0.4, -0.2) is 51.5 Å². The zero-order valence-corrected chi connectivity index (χ0v) is 11.6. The van der Waals surface area contributed by atoms with Crippen molar-refractivity contribution in [2.45, 2.75) is 38.8 Å². The van der Waals surface area contributed by atoms with Gasteiger partial charge in [0, 0.05) is 26.3 Å². The fourth-order valence-corrected chi connectivity index (χ4v) is 1.25. The third kappa shape index (κ3) is 8.12. The van der Waals surface area contributed by atoms with Gasteiger partial charge < -0.3 is 20.1 Å². The maximum absolute atomic E-state index is 11.6. The Morgan fingerprint density at radius 3 is 2.47 bits per heavy atom. The van der Waals surface area contributed by atoms with E-state index in [1.54, 1.807) is 14.2 Å². The van der Waals surface area contributed by atoms with Gasteiger partial charge in [-0.2, -0.15) is 0 Å². The third-order valence-electron chi connectivity index (χ3n) is 2.71. The van der Waals surface area contributed by atoms with Gasteiger partial charge in [-0.1, -0.05) is 6.92 Å². The molecule has 0 aliphatic heterocycles. The van der Waals surface area contributed by atoms with Crippen LogP contribution in [0.25, 0.3) is 0 Å². The van der Waals surface area contributed by atoms with Gasteiger partial charge in [0.15, 0.2) is 0 Å². The van der Waals surface area contributed by atoms with Crippen LogP contribution in [0.4, 0.5) is 0 Å². The molecule has 0 fully saturated rings. The van der Waals surface area contributed by atoms with Crippen LogP contribution in [0.1, 0.15) is 27.2 Å². The first kappa shape index (κ1) is 16.4. The van der Waals surface area contributed by atoms with E-state index in [1.165, 1.54) is 0 Å². The number of methoxy groups -OCH3 is 2. The van der Waals surface area contributed by atoms with E-state index >= 15 is 0 Å². The molecule has 5 heteroatoms. The second-order valence-electron chi connectivity index (χ2n) is 4.73. The van der Waals surface area contributed by atoms with Gasteiger partial charge in [-0.15, -0.1) is 0 Å². The molecule has 102 valence electrons. The van der Waals surface area contributed by atoms with Crippen LogP contribution in [0.5, 0.6) is 0 Å². The molecule has 0 aliphatic carbocycles. The van der Waals surface area contributed by atoms with Gasteiger partial charge in [-0.05, 0) is 20.3 Å². The lowest BCUT2D eigenvalue weighted by atomic mass is 10.0. The molecule has 0 aliphatic rings. The van der Waals surface area contributed by atoms with Gasteiger partial charge in [-0.3, -0.25) is 4.79 Å². The third-order valence-corrected chi connectivity index (χ3v) is 2.71. The SMILES string of the molecule is CCC(C)(C)NC(=O)CNCC(COC)OC. The summed E-state index contributed by atoms with van der Waals surface area (Å²) in [5, 5.41) is 6.01. The van der Waals surface area contributed by atoms with E-state index in [9.17, 15) is 4.79 Å². The maximum atomic E-state index is 11.6. The lowest BCUT2D eigenvalue weighted by molar-refractivity contribution is -0.121. The van der Waals surface area contributed by atoms with E-state index in [-0.39, 0.29) is 17.6 Å². The average molecular weight is 246 g/mol. The Kier molecular flexibility index (Phi) is 8.12. The molecule has 0 bridgehead atoms. The van der Waals surface area contributed by atoms with Gasteiger partial charge in [0.05, 0.1) is 19.3 Å². The Hall–Kier alpha value is -0.650. The molecule has 1 amide bonds. The van der Waals surface area contributed by atoms with E-state index in [4.69, 9.17) is 9.47 Å². The highest BCUT2D eigenvalue weighted by molar-refractivity contribution is 5.78. The van der Waals surface area contributed by atoms with Crippen LogP contribution in [0, 0.1) is 0 Å². The van der Waals surface area contributed by atoms with Gasteiger partial charge >= 0.3 is 0 Å². The summed E-state index contributed by atoms with van der Waals surface area (Å²) in [5.41, 5.74) is -0.147. The Balaban J connectivity index is 3.77. The molecule has 0 radical (unpaired) electrons. The van der Waals surface area contributed by atoms with Crippen LogP contribution in [0.3, 0.4) is 0 Å². The number of carbonyl (C=O) groups is 1. The van der Waals surface area contributed by atoms with Crippen molar-refractivity contribution in [3.8, 4) is 0 Å². The summed E-state index contributed by atoms with van der Waals surface area (Å²) in [6.07, 6.45) is 0.885. The predicted molar refractivity (Wildman–Crippen MR) is 68.1 cm³/mol. The Bertz CT molecular complexity index is 220. The molecule has 0 rings (SSSR count). The zero-order chi connectivity index (χ0) is 13.3. The second kappa shape index (κ2) is 8.44. The average Bonchev–Trinajstić information content (AvgIpc) is 2.27. The molecule has 1 atom stereocenters. The molecular weight excluding hydrogens is 220 g/mol. The van der Waals surface area contributed by atoms with E-state index in [1.807, 2.05) is 20.8 Å². The maximum Gasteiger partial charge on any atom is 0.234 e. The number of rotatable bonds is 9. The molecule has 2 N–H and O–H groups in total. The fourth-order valence-electron chi connectivity index (χ4n) is 1.25. The van der Waals surface area contributed by atoms with Crippen LogP contribution in [-0.2, 0) is 14.3 Å². The monoisotopic (exact) mass is 246 g/mol. The molecular formula is C12H26N2O3. The summed E-state index contributed by atoms with van der Waals surface area (Å²) in [4.78, 5) is 11.6. The zero-order valence-electron chi connectivity index (χ0n) is 11.6. The number of ether oxygens (including phenoxy) is 2. The Labute approximate surface area is 104 Å². The van der Waals surface area contributed by atoms with E-state index < -0.39 is 0 Å². The Morgan fingerprint density at radius 2 is 2.00 bits per heavy atom. The van der Waals surface area contributed by atoms with Crippen molar-refractivity contribution < 1.29 is 14.3 Å². The standard InChI is InChI=1S/C12H26N2O3/c1-6-12(2,3)14-11(15)8-13-7-10(17-5)9-16-4/h10,13H,6-9H2,1-5H3,(H,14,15). The minimum Gasteiger partial charge on any atom is -0.382 e. The number of hydrogen-bond acceptors (Lipinski definition) is 4. The molecule has 0 aromatic carbocycles. The van der Waals surface area contributed by atoms with Gasteiger partial charge in [0.25, 0.3) is 0 Å². The number of carbonyl (C=O) groups excluding carboxylic acids is 1. The molecule has 1 unspecified atom stereocenters. The lowest BCUT2D eigenvalue weighted by Crippen LogP contribution is -2.47. The summed E-state index contributed by atoms with van der Waals surface area (Å²) >= 11 is 0. The number of amides is 1. The summed E-state index contributed by atoms with van der Waals surface area (Å²) in [5.74, 6) is 0.00381. The summed E-state index contributed by atoms with van der Waals surface area (Å²) in [7, 11) is 3.26. The highest BCUT2D eigenvalue weighted by atomic mass is 16.5. The summed E-state index contributed by atoms with van der Waals surface area (Å²) < 4.78 is 10.2. The molecule has 0 aromatic rings. The number of hydrogen-bond donors (Lipinski definition) is 2. The van der Waals surface area contributed by atoms with E-state index in [0.717, 1.165) is 6.42 Å². The van der Waals surface area contributed by atoms with E-state index in [0.29, 0.717) is 19.7 Å². The minimum absolute atomic E-state index is 0.00381. The van der Waals surface area contributed by atoms with Crippen molar-refractivity contribution in [1.82, 2.24) is 10.6 Å². The fraction of sp³-hybridized carbons (Fsp3) is 0.917. The highest BCUT2D eigenvalue weighted by Gasteiger charge is 2.17. The molecule has 0 aromatic heterocycles. The molecule has 0 saturated carbocycles. The lowest BCUT2D eigenvalue weighted by Gasteiger charge is -2.24. The largest absolute Gasteiger partial charge is 0.382 e. The molecule has 0 saturated heterocycles. The minimum atomic E-state index is -0.147. The van der Waals surface area contributed by atoms with Crippen molar-refractivity contribution in [2.75, 3.05) is 33.9 Å². The van der Waals surface area contributed by atoms with Crippen molar-refractivity contribution in [3.05, 3.63) is 0 Å². The molecule has 5 nitrogen and oxygen atoms in total. The first-order valence-electron chi connectivity index (χ1n) is 5.98. The van der Waals surface area contributed by atoms with Crippen molar-refractivity contribution >= 4 is 5.91 Å². The summed E-state index contributed by atoms with van der Waals surface area (Å²) in [6.45, 7) is 7.48. The normalized spacial score (nSPS) is 13.5. The summed E-state index contributed by atoms with van der Waals surface area (Å²) in [6, 6.07) is 0. The van der Waals surface area contributed by atoms with Crippen LogP contribution in [0.15, 0.2) is 0 Å². The van der Waals surface area contributed by atoms with Crippen LogP contribution in [0.2, 0.25) is 0 Å². The van der Waals surface area contributed by atoms with Crippen molar-refractivity contribution in [2.24, 2.45) is 0 Å². The quantitative estimate of drug-likeness (QED) is 0.623. The van der Waals surface area contributed by atoms with E-state index in [2.05, 4.69) is 10.6 Å². The predicted octanol–water partition coefficient (Wildman–Crippen LogP) is 0.542. The second-order valence-corrected chi connectivity index (χ2v) is 4.73.